The van der Waals surface area contributed by atoms with Gasteiger partial charge in [0.05, 0.1) is 6.10 Å². The van der Waals surface area contributed by atoms with Crippen molar-refractivity contribution in [3.63, 3.8) is 0 Å². The van der Waals surface area contributed by atoms with Gasteiger partial charge in [-0.1, -0.05) is 39.0 Å². The zero-order chi connectivity index (χ0) is 14.8. The molecule has 0 bridgehead atoms. The SMILES string of the molecule is CC(C)c1ccc2c(c1)CCC1C3(CC3)[C@H](O)CC[C@]21C. The predicted molar refractivity (Wildman–Crippen MR) is 86.6 cm³/mol. The summed E-state index contributed by atoms with van der Waals surface area (Å²) >= 11 is 0. The fourth-order valence-corrected chi connectivity index (χ4v) is 5.56. The number of fused-ring (bicyclic) bond motifs is 4. The molecule has 0 amide bonds. The first-order valence-electron chi connectivity index (χ1n) is 8.79. The van der Waals surface area contributed by atoms with E-state index in [0.29, 0.717) is 17.3 Å². The molecule has 1 unspecified atom stereocenters. The molecule has 1 heteroatoms. The normalized spacial score (nSPS) is 36.4. The molecule has 1 nitrogen and oxygen atoms in total. The van der Waals surface area contributed by atoms with Crippen LogP contribution >= 0.6 is 0 Å². The maximum atomic E-state index is 10.5. The monoisotopic (exact) mass is 284 g/mol. The Balaban J connectivity index is 1.78. The van der Waals surface area contributed by atoms with Crippen molar-refractivity contribution in [2.24, 2.45) is 11.3 Å². The summed E-state index contributed by atoms with van der Waals surface area (Å²) in [7, 11) is 0. The van der Waals surface area contributed by atoms with Crippen LogP contribution in [-0.2, 0) is 11.8 Å². The lowest BCUT2D eigenvalue weighted by Gasteiger charge is -2.53. The van der Waals surface area contributed by atoms with Gasteiger partial charge in [-0.25, -0.2) is 0 Å². The molecule has 2 saturated carbocycles. The lowest BCUT2D eigenvalue weighted by molar-refractivity contribution is -0.0334. The molecule has 21 heavy (non-hydrogen) atoms. The minimum Gasteiger partial charge on any atom is -0.393 e. The summed E-state index contributed by atoms with van der Waals surface area (Å²) in [5.74, 6) is 1.31. The fraction of sp³-hybridized carbons (Fsp3) is 0.700. The molecule has 4 rings (SSSR count). The van der Waals surface area contributed by atoms with Crippen molar-refractivity contribution in [1.29, 1.82) is 0 Å². The van der Waals surface area contributed by atoms with E-state index in [-0.39, 0.29) is 11.5 Å². The minimum absolute atomic E-state index is 0.0351. The molecule has 1 N–H and O–H groups in total. The van der Waals surface area contributed by atoms with E-state index in [1.165, 1.54) is 31.2 Å². The summed E-state index contributed by atoms with van der Waals surface area (Å²) in [6.45, 7) is 7.05. The molecule has 0 aromatic heterocycles. The highest BCUT2D eigenvalue weighted by atomic mass is 16.3. The van der Waals surface area contributed by atoms with Crippen LogP contribution in [0.4, 0.5) is 0 Å². The first-order valence-corrected chi connectivity index (χ1v) is 8.79. The van der Waals surface area contributed by atoms with Gasteiger partial charge in [0, 0.05) is 5.41 Å². The Hall–Kier alpha value is -0.820. The van der Waals surface area contributed by atoms with Gasteiger partial charge >= 0.3 is 0 Å². The lowest BCUT2D eigenvalue weighted by Crippen LogP contribution is -2.50. The Bertz CT molecular complexity index is 569. The third kappa shape index (κ3) is 1.79. The highest BCUT2D eigenvalue weighted by molar-refractivity contribution is 5.43. The Morgan fingerprint density at radius 3 is 2.57 bits per heavy atom. The molecule has 1 aromatic rings. The lowest BCUT2D eigenvalue weighted by atomic mass is 9.52. The summed E-state index contributed by atoms with van der Waals surface area (Å²) in [6.07, 6.45) is 7.13. The van der Waals surface area contributed by atoms with Gasteiger partial charge in [-0.15, -0.1) is 0 Å². The van der Waals surface area contributed by atoms with E-state index in [1.54, 1.807) is 11.1 Å². The van der Waals surface area contributed by atoms with Crippen LogP contribution in [0.2, 0.25) is 0 Å². The maximum absolute atomic E-state index is 10.5. The second-order valence-electron chi connectivity index (χ2n) is 8.37. The summed E-state index contributed by atoms with van der Waals surface area (Å²) in [6, 6.07) is 7.23. The topological polar surface area (TPSA) is 20.2 Å². The molecule has 0 aliphatic heterocycles. The van der Waals surface area contributed by atoms with Gasteiger partial charge in [0.15, 0.2) is 0 Å². The molecule has 0 radical (unpaired) electrons. The van der Waals surface area contributed by atoms with Crippen LogP contribution in [0.5, 0.6) is 0 Å². The third-order valence-electron chi connectivity index (χ3n) is 7.00. The number of rotatable bonds is 1. The van der Waals surface area contributed by atoms with Crippen LogP contribution in [0, 0.1) is 11.3 Å². The van der Waals surface area contributed by atoms with Crippen LogP contribution in [0.1, 0.15) is 75.5 Å². The number of aryl methyl sites for hydroxylation is 1. The zero-order valence-electron chi connectivity index (χ0n) is 13.7. The standard InChI is InChI=1S/C20H28O/c1-13(2)14-4-6-16-15(12-14)5-7-17-19(16,3)9-8-18(21)20(17)10-11-20/h4,6,12-13,17-18,21H,5,7-11H2,1-3H3/t17?,18-,19-/m1/s1. The van der Waals surface area contributed by atoms with Crippen molar-refractivity contribution >= 4 is 0 Å². The molecule has 114 valence electrons. The number of aliphatic hydroxyl groups is 1. The largest absolute Gasteiger partial charge is 0.393 e. The predicted octanol–water partition coefficient (Wildman–Crippen LogP) is 4.57. The van der Waals surface area contributed by atoms with Crippen LogP contribution in [0.15, 0.2) is 18.2 Å². The van der Waals surface area contributed by atoms with E-state index in [4.69, 9.17) is 0 Å². The summed E-state index contributed by atoms with van der Waals surface area (Å²) in [5, 5.41) is 10.5. The molecule has 3 aliphatic carbocycles. The Morgan fingerprint density at radius 1 is 1.14 bits per heavy atom. The van der Waals surface area contributed by atoms with Gasteiger partial charge in [0.25, 0.3) is 0 Å². The molecule has 1 spiro atoms. The molecular weight excluding hydrogens is 256 g/mol. The van der Waals surface area contributed by atoms with Crippen molar-refractivity contribution in [2.75, 3.05) is 0 Å². The fourth-order valence-electron chi connectivity index (χ4n) is 5.56. The molecule has 1 aromatic carbocycles. The van der Waals surface area contributed by atoms with Gasteiger partial charge in [-0.3, -0.25) is 0 Å². The van der Waals surface area contributed by atoms with E-state index in [2.05, 4.69) is 39.0 Å². The smallest absolute Gasteiger partial charge is 0.0599 e. The van der Waals surface area contributed by atoms with Gasteiger partial charge in [-0.05, 0) is 72.5 Å². The molecule has 3 aliphatic rings. The van der Waals surface area contributed by atoms with Gasteiger partial charge in [-0.2, -0.15) is 0 Å². The highest BCUT2D eigenvalue weighted by Gasteiger charge is 2.63. The number of aliphatic hydroxyl groups excluding tert-OH is 1. The first-order chi connectivity index (χ1) is 9.97. The summed E-state index contributed by atoms with van der Waals surface area (Å²) < 4.78 is 0. The molecule has 0 saturated heterocycles. The van der Waals surface area contributed by atoms with E-state index in [9.17, 15) is 5.11 Å². The first kappa shape index (κ1) is 13.8. The average Bonchev–Trinajstić information content (AvgIpc) is 3.25. The van der Waals surface area contributed by atoms with Crippen LogP contribution in [0.3, 0.4) is 0 Å². The average molecular weight is 284 g/mol. The van der Waals surface area contributed by atoms with E-state index < -0.39 is 0 Å². The van der Waals surface area contributed by atoms with E-state index in [0.717, 1.165) is 12.8 Å². The molecule has 3 atom stereocenters. The number of hydrogen-bond acceptors (Lipinski definition) is 1. The number of hydrogen-bond donors (Lipinski definition) is 1. The maximum Gasteiger partial charge on any atom is 0.0599 e. The van der Waals surface area contributed by atoms with Crippen LogP contribution < -0.4 is 0 Å². The van der Waals surface area contributed by atoms with Crippen molar-refractivity contribution in [2.45, 2.75) is 76.7 Å². The van der Waals surface area contributed by atoms with Crippen molar-refractivity contribution < 1.29 is 5.11 Å². The third-order valence-corrected chi connectivity index (χ3v) is 7.00. The highest BCUT2D eigenvalue weighted by Crippen LogP contribution is 2.67. The van der Waals surface area contributed by atoms with Crippen molar-refractivity contribution in [3.8, 4) is 0 Å². The summed E-state index contributed by atoms with van der Waals surface area (Å²) in [5.41, 5.74) is 5.25. The van der Waals surface area contributed by atoms with E-state index in [1.807, 2.05) is 0 Å². The van der Waals surface area contributed by atoms with Gasteiger partial charge < -0.3 is 5.11 Å². The van der Waals surface area contributed by atoms with Gasteiger partial charge in [0.2, 0.25) is 0 Å². The van der Waals surface area contributed by atoms with Gasteiger partial charge in [0.1, 0.15) is 0 Å². The zero-order valence-corrected chi connectivity index (χ0v) is 13.7. The molecule has 0 heterocycles. The second kappa shape index (κ2) is 4.35. The Labute approximate surface area is 128 Å². The molecule has 2 fully saturated rings. The summed E-state index contributed by atoms with van der Waals surface area (Å²) in [4.78, 5) is 0. The van der Waals surface area contributed by atoms with Crippen LogP contribution in [-0.4, -0.2) is 11.2 Å². The Kier molecular flexibility index (Phi) is 2.86. The van der Waals surface area contributed by atoms with E-state index >= 15 is 0 Å². The molecular formula is C20H28O. The van der Waals surface area contributed by atoms with Crippen molar-refractivity contribution in [3.05, 3.63) is 34.9 Å². The quantitative estimate of drug-likeness (QED) is 0.801. The second-order valence-corrected chi connectivity index (χ2v) is 8.37. The van der Waals surface area contributed by atoms with Crippen molar-refractivity contribution in [1.82, 2.24) is 0 Å². The minimum atomic E-state index is -0.0351. The number of benzene rings is 1. The van der Waals surface area contributed by atoms with Crippen LogP contribution in [0.25, 0.3) is 0 Å². The Morgan fingerprint density at radius 2 is 1.90 bits per heavy atom.